The van der Waals surface area contributed by atoms with Crippen LogP contribution in [0.2, 0.25) is 0 Å². The van der Waals surface area contributed by atoms with E-state index >= 15 is 0 Å². The van der Waals surface area contributed by atoms with E-state index in [1.54, 1.807) is 13.8 Å². The number of ketones is 1. The normalized spacial score (nSPS) is 21.3. The Hall–Kier alpha value is -2.11. The van der Waals surface area contributed by atoms with E-state index in [1.165, 1.54) is 6.92 Å². The van der Waals surface area contributed by atoms with E-state index in [0.29, 0.717) is 35.4 Å². The van der Waals surface area contributed by atoms with Gasteiger partial charge in [-0.1, -0.05) is 6.42 Å². The summed E-state index contributed by atoms with van der Waals surface area (Å²) in [5.74, 6) is -1.84. The van der Waals surface area contributed by atoms with E-state index in [-0.39, 0.29) is 17.7 Å². The molecule has 114 valence electrons. The van der Waals surface area contributed by atoms with E-state index in [1.807, 2.05) is 0 Å². The van der Waals surface area contributed by atoms with Crippen molar-refractivity contribution in [3.05, 3.63) is 22.5 Å². The Bertz CT molecular complexity index is 603. The minimum Gasteiger partial charge on any atom is -0.481 e. The summed E-state index contributed by atoms with van der Waals surface area (Å²) in [5.41, 5.74) is 2.14. The number of carbonyl (C=O) groups excluding carboxylic acids is 2. The highest BCUT2D eigenvalue weighted by atomic mass is 16.4. The van der Waals surface area contributed by atoms with Gasteiger partial charge in [-0.15, -0.1) is 0 Å². The first-order valence-electron chi connectivity index (χ1n) is 7.06. The van der Waals surface area contributed by atoms with Crippen LogP contribution in [0.5, 0.6) is 0 Å². The number of aliphatic carboxylic acids is 1. The maximum absolute atomic E-state index is 12.3. The van der Waals surface area contributed by atoms with E-state index in [0.717, 1.165) is 6.42 Å². The molecule has 0 spiro atoms. The lowest BCUT2D eigenvalue weighted by molar-refractivity contribution is -0.142. The minimum atomic E-state index is -0.874. The Morgan fingerprint density at radius 3 is 2.43 bits per heavy atom. The zero-order valence-corrected chi connectivity index (χ0v) is 12.4. The lowest BCUT2D eigenvalue weighted by Gasteiger charge is -2.17. The maximum atomic E-state index is 12.3. The summed E-state index contributed by atoms with van der Waals surface area (Å²) in [6.07, 6.45) is 2.05. The Kier molecular flexibility index (Phi) is 4.16. The second-order valence-corrected chi connectivity index (χ2v) is 5.64. The van der Waals surface area contributed by atoms with Crippen molar-refractivity contribution in [1.82, 2.24) is 10.3 Å². The summed E-state index contributed by atoms with van der Waals surface area (Å²) < 4.78 is 0. The average Bonchev–Trinajstić information content (AvgIpc) is 2.93. The molecule has 1 heterocycles. The van der Waals surface area contributed by atoms with E-state index in [4.69, 9.17) is 5.11 Å². The van der Waals surface area contributed by atoms with Crippen molar-refractivity contribution >= 4 is 17.7 Å². The van der Waals surface area contributed by atoms with Crippen LogP contribution in [0.1, 0.15) is 58.3 Å². The number of Topliss-reactive ketones (excluding diaryl/α,β-unsaturated/α-hetero) is 1. The van der Waals surface area contributed by atoms with Crippen molar-refractivity contribution in [2.75, 3.05) is 0 Å². The van der Waals surface area contributed by atoms with Gasteiger partial charge in [0.2, 0.25) is 0 Å². The molecule has 1 aromatic heterocycles. The van der Waals surface area contributed by atoms with Gasteiger partial charge in [-0.05, 0) is 39.2 Å². The topological polar surface area (TPSA) is 99.3 Å². The predicted octanol–water partition coefficient (Wildman–Crippen LogP) is 1.82. The number of H-pyrrole nitrogens is 1. The number of aromatic amines is 1. The van der Waals surface area contributed by atoms with Gasteiger partial charge in [-0.3, -0.25) is 14.4 Å². The molecule has 6 heteroatoms. The molecule has 1 saturated carbocycles. The first-order chi connectivity index (χ1) is 9.82. The molecule has 0 aliphatic heterocycles. The van der Waals surface area contributed by atoms with Crippen LogP contribution in [0.3, 0.4) is 0 Å². The second-order valence-electron chi connectivity index (χ2n) is 5.64. The molecule has 1 aliphatic rings. The van der Waals surface area contributed by atoms with Crippen LogP contribution in [0.25, 0.3) is 0 Å². The van der Waals surface area contributed by atoms with Gasteiger partial charge in [0.25, 0.3) is 5.91 Å². The molecule has 0 bridgehead atoms. The molecular formula is C15H20N2O4. The maximum Gasteiger partial charge on any atom is 0.308 e. The standard InChI is InChI=1S/C15H20N2O4/c1-7-12(9(3)18)8(2)16-13(7)14(19)17-11-6-4-5-10(11)15(20)21/h10-11,16H,4-6H2,1-3H3,(H,17,19)(H,20,21)/t10-,11+/m1/s1. The summed E-state index contributed by atoms with van der Waals surface area (Å²) in [6.45, 7) is 4.93. The molecule has 0 radical (unpaired) electrons. The van der Waals surface area contributed by atoms with Crippen LogP contribution in [-0.4, -0.2) is 33.8 Å². The summed E-state index contributed by atoms with van der Waals surface area (Å²) in [4.78, 5) is 38.0. The molecule has 1 aromatic rings. The third-order valence-corrected chi connectivity index (χ3v) is 4.17. The number of aryl methyl sites for hydroxylation is 1. The predicted molar refractivity (Wildman–Crippen MR) is 76.5 cm³/mol. The van der Waals surface area contributed by atoms with E-state index in [9.17, 15) is 14.4 Å². The van der Waals surface area contributed by atoms with Gasteiger partial charge in [-0.2, -0.15) is 0 Å². The van der Waals surface area contributed by atoms with Crippen molar-refractivity contribution in [1.29, 1.82) is 0 Å². The van der Waals surface area contributed by atoms with Crippen LogP contribution >= 0.6 is 0 Å². The van der Waals surface area contributed by atoms with Crippen molar-refractivity contribution in [2.24, 2.45) is 5.92 Å². The average molecular weight is 292 g/mol. The third kappa shape index (κ3) is 2.84. The molecule has 2 rings (SSSR count). The highest BCUT2D eigenvalue weighted by Gasteiger charge is 2.34. The summed E-state index contributed by atoms with van der Waals surface area (Å²) in [5, 5.41) is 11.9. The molecule has 1 amide bonds. The first kappa shape index (κ1) is 15.3. The molecule has 1 aliphatic carbocycles. The van der Waals surface area contributed by atoms with Gasteiger partial charge < -0.3 is 15.4 Å². The van der Waals surface area contributed by atoms with Gasteiger partial charge in [0.1, 0.15) is 5.69 Å². The van der Waals surface area contributed by atoms with E-state index in [2.05, 4.69) is 10.3 Å². The number of aromatic nitrogens is 1. The van der Waals surface area contributed by atoms with Crippen LogP contribution in [0, 0.1) is 19.8 Å². The lowest BCUT2D eigenvalue weighted by Crippen LogP contribution is -2.40. The van der Waals surface area contributed by atoms with Gasteiger partial charge in [-0.25, -0.2) is 0 Å². The Balaban J connectivity index is 2.20. The number of rotatable bonds is 4. The van der Waals surface area contributed by atoms with Crippen molar-refractivity contribution in [2.45, 2.75) is 46.1 Å². The fourth-order valence-corrected chi connectivity index (χ4v) is 3.17. The van der Waals surface area contributed by atoms with Crippen molar-refractivity contribution in [3.8, 4) is 0 Å². The molecule has 21 heavy (non-hydrogen) atoms. The van der Waals surface area contributed by atoms with Gasteiger partial charge in [0, 0.05) is 17.3 Å². The summed E-state index contributed by atoms with van der Waals surface area (Å²) in [6, 6.07) is -0.348. The Morgan fingerprint density at radius 2 is 1.90 bits per heavy atom. The smallest absolute Gasteiger partial charge is 0.308 e. The number of hydrogen-bond acceptors (Lipinski definition) is 3. The molecule has 0 aromatic carbocycles. The number of carboxylic acid groups (broad SMARTS) is 1. The van der Waals surface area contributed by atoms with E-state index < -0.39 is 11.9 Å². The number of carboxylic acids is 1. The SMILES string of the molecule is CC(=O)c1c(C)[nH]c(C(=O)N[C@H]2CCC[C@H]2C(=O)O)c1C. The van der Waals surface area contributed by atoms with Gasteiger partial charge in [0.05, 0.1) is 5.92 Å². The highest BCUT2D eigenvalue weighted by Crippen LogP contribution is 2.26. The highest BCUT2D eigenvalue weighted by molar-refractivity contribution is 6.02. The van der Waals surface area contributed by atoms with Crippen LogP contribution in [0.15, 0.2) is 0 Å². The largest absolute Gasteiger partial charge is 0.481 e. The number of carbonyl (C=O) groups is 3. The Morgan fingerprint density at radius 1 is 1.24 bits per heavy atom. The fraction of sp³-hybridized carbons (Fsp3) is 0.533. The monoisotopic (exact) mass is 292 g/mol. The van der Waals surface area contributed by atoms with Crippen LogP contribution in [0.4, 0.5) is 0 Å². The molecule has 3 N–H and O–H groups in total. The number of amides is 1. The van der Waals surface area contributed by atoms with Crippen LogP contribution in [-0.2, 0) is 4.79 Å². The summed E-state index contributed by atoms with van der Waals surface area (Å²) in [7, 11) is 0. The molecular weight excluding hydrogens is 272 g/mol. The lowest BCUT2D eigenvalue weighted by atomic mass is 10.0. The fourth-order valence-electron chi connectivity index (χ4n) is 3.17. The summed E-state index contributed by atoms with van der Waals surface area (Å²) >= 11 is 0. The Labute approximate surface area is 122 Å². The van der Waals surface area contributed by atoms with Crippen molar-refractivity contribution in [3.63, 3.8) is 0 Å². The van der Waals surface area contributed by atoms with Crippen LogP contribution < -0.4 is 5.32 Å². The minimum absolute atomic E-state index is 0.0930. The molecule has 2 atom stereocenters. The number of hydrogen-bond donors (Lipinski definition) is 3. The zero-order valence-electron chi connectivity index (χ0n) is 12.4. The third-order valence-electron chi connectivity index (χ3n) is 4.17. The second kappa shape index (κ2) is 5.71. The quantitative estimate of drug-likeness (QED) is 0.737. The van der Waals surface area contributed by atoms with Gasteiger partial charge in [0.15, 0.2) is 5.78 Å². The first-order valence-corrected chi connectivity index (χ1v) is 7.06. The molecule has 6 nitrogen and oxygen atoms in total. The molecule has 0 saturated heterocycles. The zero-order chi connectivity index (χ0) is 15.7. The number of nitrogens with one attached hydrogen (secondary N) is 2. The molecule has 0 unspecified atom stereocenters. The molecule has 1 fully saturated rings. The van der Waals surface area contributed by atoms with Gasteiger partial charge >= 0.3 is 5.97 Å². The van der Waals surface area contributed by atoms with Crippen molar-refractivity contribution < 1.29 is 19.5 Å².